The van der Waals surface area contributed by atoms with E-state index in [0.717, 1.165) is 12.1 Å². The first-order valence-corrected chi connectivity index (χ1v) is 11.6. The molecule has 0 bridgehead atoms. The first kappa shape index (κ1) is 22.2. The number of carbonyl (C=O) groups is 1. The van der Waals surface area contributed by atoms with Crippen LogP contribution in [-0.4, -0.2) is 51.4 Å². The van der Waals surface area contributed by atoms with Crippen molar-refractivity contribution in [3.05, 3.63) is 59.9 Å². The molecule has 1 amide bonds. The van der Waals surface area contributed by atoms with Gasteiger partial charge in [0, 0.05) is 44.0 Å². The van der Waals surface area contributed by atoms with Crippen molar-refractivity contribution in [1.82, 2.24) is 9.62 Å². The van der Waals surface area contributed by atoms with Gasteiger partial charge in [-0.2, -0.15) is 4.31 Å². The molecule has 162 valence electrons. The molecular weight excluding hydrogens is 405 g/mol. The van der Waals surface area contributed by atoms with Crippen LogP contribution in [0, 0.1) is 11.7 Å². The van der Waals surface area contributed by atoms with Crippen LogP contribution in [-0.2, 0) is 10.0 Å². The van der Waals surface area contributed by atoms with Gasteiger partial charge in [0.05, 0.1) is 4.90 Å². The van der Waals surface area contributed by atoms with Gasteiger partial charge in [-0.15, -0.1) is 0 Å². The zero-order valence-corrected chi connectivity index (χ0v) is 18.2. The molecule has 0 saturated carbocycles. The van der Waals surface area contributed by atoms with Crippen molar-refractivity contribution in [2.45, 2.75) is 25.2 Å². The summed E-state index contributed by atoms with van der Waals surface area (Å²) in [5, 5.41) is 2.84. The molecule has 0 spiro atoms. The smallest absolute Gasteiger partial charge is 0.251 e. The largest absolute Gasteiger partial charge is 0.369 e. The van der Waals surface area contributed by atoms with Crippen molar-refractivity contribution in [2.24, 2.45) is 5.92 Å². The maximum absolute atomic E-state index is 13.1. The van der Waals surface area contributed by atoms with E-state index < -0.39 is 10.0 Å². The molecule has 2 aromatic carbocycles. The number of anilines is 1. The second kappa shape index (κ2) is 9.57. The highest BCUT2D eigenvalue weighted by Gasteiger charge is 2.29. The first-order chi connectivity index (χ1) is 14.3. The Morgan fingerprint density at radius 1 is 1.07 bits per heavy atom. The van der Waals surface area contributed by atoms with Crippen LogP contribution in [0.4, 0.5) is 10.1 Å². The summed E-state index contributed by atoms with van der Waals surface area (Å²) in [4.78, 5) is 14.5. The molecule has 0 aromatic heterocycles. The Kier molecular flexibility index (Phi) is 7.10. The molecule has 1 N–H and O–H groups in total. The topological polar surface area (TPSA) is 69.7 Å². The standard InChI is InChI=1S/C22H28FN3O3S/c1-17(2)10-11-24-22(27)18-4-3-5-21(16-18)30(28,29)26-14-12-25(13-15-26)20-8-6-19(23)7-9-20/h3-9,16-17H,10-15H2,1-2H3,(H,24,27). The first-order valence-electron chi connectivity index (χ1n) is 10.2. The number of rotatable bonds is 7. The second-order valence-corrected chi connectivity index (χ2v) is 9.77. The number of nitrogens with one attached hydrogen (secondary N) is 1. The summed E-state index contributed by atoms with van der Waals surface area (Å²) in [5.74, 6) is -0.0903. The summed E-state index contributed by atoms with van der Waals surface area (Å²) in [6.45, 7) is 6.39. The van der Waals surface area contributed by atoms with Gasteiger partial charge in [0.1, 0.15) is 5.82 Å². The molecule has 2 aromatic rings. The van der Waals surface area contributed by atoms with E-state index in [1.54, 1.807) is 24.3 Å². The molecule has 1 aliphatic heterocycles. The minimum atomic E-state index is -3.70. The molecule has 30 heavy (non-hydrogen) atoms. The average Bonchev–Trinajstić information content (AvgIpc) is 2.74. The number of halogens is 1. The zero-order chi connectivity index (χ0) is 21.7. The van der Waals surface area contributed by atoms with Crippen LogP contribution in [0.15, 0.2) is 53.4 Å². The lowest BCUT2D eigenvalue weighted by Gasteiger charge is -2.35. The maximum Gasteiger partial charge on any atom is 0.251 e. The molecule has 1 heterocycles. The Hall–Kier alpha value is -2.45. The fourth-order valence-electron chi connectivity index (χ4n) is 3.36. The lowest BCUT2D eigenvalue weighted by molar-refractivity contribution is 0.0952. The number of benzene rings is 2. The normalized spacial score (nSPS) is 15.4. The molecule has 1 fully saturated rings. The van der Waals surface area contributed by atoms with Crippen molar-refractivity contribution >= 4 is 21.6 Å². The summed E-state index contributed by atoms with van der Waals surface area (Å²) >= 11 is 0. The molecular formula is C22H28FN3O3S. The Bertz CT molecular complexity index is 969. The summed E-state index contributed by atoms with van der Waals surface area (Å²) < 4.78 is 40.7. The second-order valence-electron chi connectivity index (χ2n) is 7.83. The van der Waals surface area contributed by atoms with Gasteiger partial charge >= 0.3 is 0 Å². The van der Waals surface area contributed by atoms with E-state index in [1.807, 2.05) is 4.90 Å². The van der Waals surface area contributed by atoms with Crippen LogP contribution in [0.25, 0.3) is 0 Å². The molecule has 0 radical (unpaired) electrons. The third-order valence-corrected chi connectivity index (χ3v) is 7.07. The van der Waals surface area contributed by atoms with Crippen LogP contribution in [0.2, 0.25) is 0 Å². The van der Waals surface area contributed by atoms with Gasteiger partial charge in [-0.1, -0.05) is 19.9 Å². The predicted molar refractivity (Wildman–Crippen MR) is 116 cm³/mol. The summed E-state index contributed by atoms with van der Waals surface area (Å²) in [7, 11) is -3.70. The summed E-state index contributed by atoms with van der Waals surface area (Å²) in [6.07, 6.45) is 0.863. The number of nitrogens with zero attached hydrogens (tertiary/aromatic N) is 2. The maximum atomic E-state index is 13.1. The van der Waals surface area contributed by atoms with Gasteiger partial charge in [0.2, 0.25) is 10.0 Å². The number of piperazine rings is 1. The minimum Gasteiger partial charge on any atom is -0.369 e. The number of sulfonamides is 1. The zero-order valence-electron chi connectivity index (χ0n) is 17.3. The lowest BCUT2D eigenvalue weighted by Crippen LogP contribution is -2.48. The molecule has 0 atom stereocenters. The monoisotopic (exact) mass is 433 g/mol. The molecule has 1 aliphatic rings. The lowest BCUT2D eigenvalue weighted by atomic mass is 10.1. The number of carbonyl (C=O) groups excluding carboxylic acids is 1. The van der Waals surface area contributed by atoms with Crippen molar-refractivity contribution < 1.29 is 17.6 Å². The summed E-state index contributed by atoms with van der Waals surface area (Å²) in [6, 6.07) is 12.4. The van der Waals surface area contributed by atoms with E-state index in [0.29, 0.717) is 44.2 Å². The number of hydrogen-bond acceptors (Lipinski definition) is 4. The quantitative estimate of drug-likeness (QED) is 0.729. The van der Waals surface area contributed by atoms with Gasteiger partial charge < -0.3 is 10.2 Å². The van der Waals surface area contributed by atoms with Crippen molar-refractivity contribution in [2.75, 3.05) is 37.6 Å². The SMILES string of the molecule is CC(C)CCNC(=O)c1cccc(S(=O)(=O)N2CCN(c3ccc(F)cc3)CC2)c1. The van der Waals surface area contributed by atoms with Gasteiger partial charge in [0.25, 0.3) is 5.91 Å². The molecule has 0 aliphatic carbocycles. The molecule has 6 nitrogen and oxygen atoms in total. The van der Waals surface area contributed by atoms with E-state index in [1.165, 1.54) is 28.6 Å². The Balaban J connectivity index is 1.66. The molecule has 1 saturated heterocycles. The van der Waals surface area contributed by atoms with E-state index in [-0.39, 0.29) is 16.6 Å². The number of amides is 1. The van der Waals surface area contributed by atoms with Gasteiger partial charge in [-0.05, 0) is 54.8 Å². The van der Waals surface area contributed by atoms with Crippen LogP contribution in [0.5, 0.6) is 0 Å². The van der Waals surface area contributed by atoms with Crippen molar-refractivity contribution in [3.8, 4) is 0 Å². The van der Waals surface area contributed by atoms with E-state index in [2.05, 4.69) is 19.2 Å². The van der Waals surface area contributed by atoms with Gasteiger partial charge in [-0.25, -0.2) is 12.8 Å². The minimum absolute atomic E-state index is 0.120. The van der Waals surface area contributed by atoms with Crippen LogP contribution in [0.3, 0.4) is 0 Å². The predicted octanol–water partition coefficient (Wildman–Crippen LogP) is 3.11. The van der Waals surface area contributed by atoms with E-state index in [9.17, 15) is 17.6 Å². The van der Waals surface area contributed by atoms with Gasteiger partial charge in [0.15, 0.2) is 0 Å². The Morgan fingerprint density at radius 2 is 1.73 bits per heavy atom. The van der Waals surface area contributed by atoms with E-state index >= 15 is 0 Å². The third kappa shape index (κ3) is 5.37. The van der Waals surface area contributed by atoms with Gasteiger partial charge in [-0.3, -0.25) is 4.79 Å². The van der Waals surface area contributed by atoms with Crippen LogP contribution in [0.1, 0.15) is 30.6 Å². The highest BCUT2D eigenvalue weighted by molar-refractivity contribution is 7.89. The molecule has 8 heteroatoms. The molecule has 3 rings (SSSR count). The highest BCUT2D eigenvalue weighted by atomic mass is 32.2. The molecule has 0 unspecified atom stereocenters. The van der Waals surface area contributed by atoms with E-state index in [4.69, 9.17) is 0 Å². The number of hydrogen-bond donors (Lipinski definition) is 1. The Labute approximate surface area is 177 Å². The highest BCUT2D eigenvalue weighted by Crippen LogP contribution is 2.22. The fourth-order valence-corrected chi connectivity index (χ4v) is 4.83. The fraction of sp³-hybridized carbons (Fsp3) is 0.409. The van der Waals surface area contributed by atoms with Crippen LogP contribution >= 0.6 is 0 Å². The third-order valence-electron chi connectivity index (χ3n) is 5.17. The average molecular weight is 434 g/mol. The van der Waals surface area contributed by atoms with Crippen molar-refractivity contribution in [3.63, 3.8) is 0 Å². The summed E-state index contributed by atoms with van der Waals surface area (Å²) in [5.41, 5.74) is 1.21. The Morgan fingerprint density at radius 3 is 2.37 bits per heavy atom. The van der Waals surface area contributed by atoms with Crippen molar-refractivity contribution in [1.29, 1.82) is 0 Å². The van der Waals surface area contributed by atoms with Crippen LogP contribution < -0.4 is 10.2 Å².